The fraction of sp³-hybridized carbons (Fsp3) is 0.222. The van der Waals surface area contributed by atoms with E-state index in [1.807, 2.05) is 13.0 Å². The Bertz CT molecular complexity index is 900. The predicted octanol–water partition coefficient (Wildman–Crippen LogP) is 3.81. The molecule has 0 saturated carbocycles. The molecule has 2 aromatic carbocycles. The van der Waals surface area contributed by atoms with Crippen molar-refractivity contribution < 1.29 is 19.4 Å². The molecule has 25 heavy (non-hydrogen) atoms. The zero-order valence-corrected chi connectivity index (χ0v) is 14.1. The van der Waals surface area contributed by atoms with Crippen LogP contribution in [0.25, 0.3) is 0 Å². The number of anilines is 1. The molecule has 0 spiro atoms. The molecule has 0 aromatic heterocycles. The van der Waals surface area contributed by atoms with Crippen LogP contribution in [-0.4, -0.2) is 22.8 Å². The third-order valence-corrected chi connectivity index (χ3v) is 4.82. The van der Waals surface area contributed by atoms with Crippen LogP contribution in [0.2, 0.25) is 5.02 Å². The fourth-order valence-corrected chi connectivity index (χ4v) is 3.68. The molecular formula is C18H15ClN2O4. The molecule has 2 heterocycles. The Kier molecular flexibility index (Phi) is 3.40. The highest BCUT2D eigenvalue weighted by Gasteiger charge is 2.49. The fourth-order valence-electron chi connectivity index (χ4n) is 3.51. The molecule has 4 rings (SSSR count). The van der Waals surface area contributed by atoms with E-state index in [2.05, 4.69) is 5.32 Å². The van der Waals surface area contributed by atoms with Gasteiger partial charge >= 0.3 is 12.0 Å². The number of halogens is 1. The van der Waals surface area contributed by atoms with E-state index in [4.69, 9.17) is 16.3 Å². The van der Waals surface area contributed by atoms with Crippen LogP contribution in [0.5, 0.6) is 5.75 Å². The topological polar surface area (TPSA) is 78.9 Å². The first-order valence-electron chi connectivity index (χ1n) is 7.80. The molecule has 2 aliphatic rings. The molecule has 7 heteroatoms. The van der Waals surface area contributed by atoms with Crippen molar-refractivity contribution in [3.05, 3.63) is 58.6 Å². The van der Waals surface area contributed by atoms with E-state index in [-0.39, 0.29) is 17.6 Å². The van der Waals surface area contributed by atoms with Gasteiger partial charge in [-0.2, -0.15) is 0 Å². The number of amides is 2. The van der Waals surface area contributed by atoms with E-state index in [0.29, 0.717) is 22.9 Å². The number of fused-ring (bicyclic) bond motifs is 4. The standard InChI is InChI=1S/C18H15ClN2O4/c1-18-9-14(13-6-5-11(19)8-15(13)25-18)20-17(24)21(18)12-4-2-3-10(7-12)16(22)23/h2-8,14H,9H2,1H3,(H,20,24)(H,22,23). The quantitative estimate of drug-likeness (QED) is 0.855. The van der Waals surface area contributed by atoms with Gasteiger partial charge in [-0.05, 0) is 37.3 Å². The average molecular weight is 359 g/mol. The van der Waals surface area contributed by atoms with Crippen LogP contribution in [0.4, 0.5) is 10.5 Å². The minimum absolute atomic E-state index is 0.107. The lowest BCUT2D eigenvalue weighted by atomic mass is 9.90. The monoisotopic (exact) mass is 358 g/mol. The van der Waals surface area contributed by atoms with Gasteiger partial charge in [-0.3, -0.25) is 4.90 Å². The summed E-state index contributed by atoms with van der Waals surface area (Å²) in [5.41, 5.74) is 0.509. The van der Waals surface area contributed by atoms with Gasteiger partial charge in [-0.1, -0.05) is 23.7 Å². The summed E-state index contributed by atoms with van der Waals surface area (Å²) < 4.78 is 6.14. The number of hydrogen-bond acceptors (Lipinski definition) is 3. The highest BCUT2D eigenvalue weighted by atomic mass is 35.5. The first-order chi connectivity index (χ1) is 11.9. The Hall–Kier alpha value is -2.73. The van der Waals surface area contributed by atoms with Gasteiger partial charge in [0.1, 0.15) is 5.75 Å². The zero-order valence-electron chi connectivity index (χ0n) is 13.3. The maximum atomic E-state index is 12.7. The van der Waals surface area contributed by atoms with Gasteiger partial charge in [0, 0.05) is 17.0 Å². The predicted molar refractivity (Wildman–Crippen MR) is 92.3 cm³/mol. The Morgan fingerprint density at radius 1 is 1.36 bits per heavy atom. The summed E-state index contributed by atoms with van der Waals surface area (Å²) in [7, 11) is 0. The van der Waals surface area contributed by atoms with E-state index >= 15 is 0 Å². The SMILES string of the molecule is CC12CC(NC(=O)N1c1cccc(C(=O)O)c1)c1ccc(Cl)cc1O2. The van der Waals surface area contributed by atoms with Gasteiger partial charge in [0.2, 0.25) is 0 Å². The van der Waals surface area contributed by atoms with Crippen LogP contribution in [0.3, 0.4) is 0 Å². The van der Waals surface area contributed by atoms with Crippen molar-refractivity contribution in [1.82, 2.24) is 5.32 Å². The highest BCUT2D eigenvalue weighted by Crippen LogP contribution is 2.46. The minimum Gasteiger partial charge on any atom is -0.478 e. The van der Waals surface area contributed by atoms with Crippen LogP contribution in [-0.2, 0) is 0 Å². The first-order valence-corrected chi connectivity index (χ1v) is 8.18. The molecule has 2 aliphatic heterocycles. The largest absolute Gasteiger partial charge is 0.478 e. The summed E-state index contributed by atoms with van der Waals surface area (Å²) in [6.45, 7) is 1.82. The molecule has 0 aliphatic carbocycles. The van der Waals surface area contributed by atoms with Crippen molar-refractivity contribution >= 4 is 29.3 Å². The third kappa shape index (κ3) is 2.49. The van der Waals surface area contributed by atoms with Crippen molar-refractivity contribution in [2.24, 2.45) is 0 Å². The molecule has 2 unspecified atom stereocenters. The number of hydrogen-bond donors (Lipinski definition) is 2. The number of rotatable bonds is 2. The minimum atomic E-state index is -1.05. The van der Waals surface area contributed by atoms with E-state index < -0.39 is 11.7 Å². The maximum absolute atomic E-state index is 12.7. The Balaban J connectivity index is 1.80. The van der Waals surface area contributed by atoms with E-state index in [1.165, 1.54) is 17.0 Å². The van der Waals surface area contributed by atoms with Crippen molar-refractivity contribution in [2.45, 2.75) is 25.1 Å². The van der Waals surface area contributed by atoms with Crippen LogP contribution >= 0.6 is 11.6 Å². The molecular weight excluding hydrogens is 344 g/mol. The smallest absolute Gasteiger partial charge is 0.335 e. The van der Waals surface area contributed by atoms with Crippen molar-refractivity contribution in [2.75, 3.05) is 4.90 Å². The number of urea groups is 1. The summed E-state index contributed by atoms with van der Waals surface area (Å²) in [6.07, 6.45) is 0.532. The average Bonchev–Trinajstić information content (AvgIpc) is 2.53. The number of nitrogens with one attached hydrogen (secondary N) is 1. The second-order valence-electron chi connectivity index (χ2n) is 6.36. The molecule has 0 radical (unpaired) electrons. The number of carbonyl (C=O) groups excluding carboxylic acids is 1. The number of nitrogens with zero attached hydrogens (tertiary/aromatic N) is 1. The van der Waals surface area contributed by atoms with Crippen molar-refractivity contribution in [1.29, 1.82) is 0 Å². The Labute approximate surface area is 149 Å². The van der Waals surface area contributed by atoms with Gasteiger partial charge in [0.25, 0.3) is 0 Å². The van der Waals surface area contributed by atoms with Gasteiger partial charge in [-0.25, -0.2) is 9.59 Å². The number of aromatic carboxylic acids is 1. The normalized spacial score (nSPS) is 24.2. The molecule has 2 atom stereocenters. The summed E-state index contributed by atoms with van der Waals surface area (Å²) in [4.78, 5) is 25.4. The number of ether oxygens (including phenoxy) is 1. The second kappa shape index (κ2) is 5.39. The number of benzene rings is 2. The van der Waals surface area contributed by atoms with Gasteiger partial charge in [0.05, 0.1) is 17.3 Å². The molecule has 1 saturated heterocycles. The van der Waals surface area contributed by atoms with Crippen LogP contribution < -0.4 is 15.0 Å². The van der Waals surface area contributed by atoms with Crippen LogP contribution in [0.1, 0.15) is 35.3 Å². The van der Waals surface area contributed by atoms with Crippen LogP contribution in [0.15, 0.2) is 42.5 Å². The second-order valence-corrected chi connectivity index (χ2v) is 6.79. The summed E-state index contributed by atoms with van der Waals surface area (Å²) in [5.74, 6) is -0.436. The van der Waals surface area contributed by atoms with Gasteiger partial charge in [0.15, 0.2) is 5.72 Å². The number of carboxylic acid groups (broad SMARTS) is 1. The molecule has 2 aromatic rings. The Morgan fingerprint density at radius 2 is 2.16 bits per heavy atom. The van der Waals surface area contributed by atoms with Crippen molar-refractivity contribution in [3.8, 4) is 5.75 Å². The maximum Gasteiger partial charge on any atom is 0.335 e. The highest BCUT2D eigenvalue weighted by molar-refractivity contribution is 6.30. The van der Waals surface area contributed by atoms with Gasteiger partial charge in [-0.15, -0.1) is 0 Å². The summed E-state index contributed by atoms with van der Waals surface area (Å²) >= 11 is 6.07. The number of carbonyl (C=O) groups is 2. The van der Waals surface area contributed by atoms with E-state index in [0.717, 1.165) is 5.56 Å². The molecule has 2 bridgehead atoms. The molecule has 2 N–H and O–H groups in total. The van der Waals surface area contributed by atoms with E-state index in [9.17, 15) is 14.7 Å². The van der Waals surface area contributed by atoms with Crippen LogP contribution in [0, 0.1) is 0 Å². The Morgan fingerprint density at radius 3 is 2.92 bits per heavy atom. The molecule has 6 nitrogen and oxygen atoms in total. The molecule has 2 amide bonds. The first kappa shape index (κ1) is 15.8. The van der Waals surface area contributed by atoms with Gasteiger partial charge < -0.3 is 15.2 Å². The molecule has 128 valence electrons. The zero-order chi connectivity index (χ0) is 17.8. The lowest BCUT2D eigenvalue weighted by Crippen LogP contribution is -2.65. The summed E-state index contributed by atoms with van der Waals surface area (Å²) in [6, 6.07) is 11.1. The van der Waals surface area contributed by atoms with E-state index in [1.54, 1.807) is 24.3 Å². The molecule has 1 fully saturated rings. The lowest BCUT2D eigenvalue weighted by molar-refractivity contribution is 0.0378. The lowest BCUT2D eigenvalue weighted by Gasteiger charge is -2.50. The van der Waals surface area contributed by atoms with Crippen molar-refractivity contribution in [3.63, 3.8) is 0 Å². The number of carboxylic acids is 1. The third-order valence-electron chi connectivity index (χ3n) is 4.59. The summed E-state index contributed by atoms with van der Waals surface area (Å²) in [5, 5.41) is 12.7.